The van der Waals surface area contributed by atoms with Gasteiger partial charge in [-0.25, -0.2) is 0 Å². The summed E-state index contributed by atoms with van der Waals surface area (Å²) in [7, 11) is 1.62. The average Bonchev–Trinajstić information content (AvgIpc) is 2.54. The molecule has 1 heterocycles. The Morgan fingerprint density at radius 1 is 1.24 bits per heavy atom. The molecule has 0 atom stereocenters. The number of ether oxygens (including phenoxy) is 2. The Morgan fingerprint density at radius 3 is 2.86 bits per heavy atom. The third kappa shape index (κ3) is 4.70. The van der Waals surface area contributed by atoms with E-state index in [1.54, 1.807) is 13.3 Å². The van der Waals surface area contributed by atoms with Crippen LogP contribution in [0.4, 0.5) is 0 Å². The number of hydrogen-bond donors (Lipinski definition) is 0. The number of aromatic nitrogens is 1. The fraction of sp³-hybridized carbons (Fsp3) is 0.235. The number of alkyl halides is 1. The predicted octanol–water partition coefficient (Wildman–Crippen LogP) is 3.30. The number of halogens is 1. The van der Waals surface area contributed by atoms with Gasteiger partial charge in [0.05, 0.1) is 25.2 Å². The van der Waals surface area contributed by atoms with Crippen LogP contribution in [-0.2, 0) is 6.42 Å². The third-order valence-corrected chi connectivity index (χ3v) is 2.95. The zero-order chi connectivity index (χ0) is 14.9. The predicted molar refractivity (Wildman–Crippen MR) is 84.0 cm³/mol. The normalized spacial score (nSPS) is 9.62. The lowest BCUT2D eigenvalue weighted by Crippen LogP contribution is -2.04. The fourth-order valence-corrected chi connectivity index (χ4v) is 1.87. The molecule has 2 aromatic rings. The van der Waals surface area contributed by atoms with E-state index >= 15 is 0 Å². The molecule has 0 aliphatic heterocycles. The van der Waals surface area contributed by atoms with Crippen molar-refractivity contribution in [3.63, 3.8) is 0 Å². The average molecular weight is 302 g/mol. The molecule has 4 heteroatoms. The highest BCUT2D eigenvalue weighted by molar-refractivity contribution is 6.19. The van der Waals surface area contributed by atoms with Gasteiger partial charge in [-0.1, -0.05) is 17.9 Å². The highest BCUT2D eigenvalue weighted by Gasteiger charge is 2.04. The van der Waals surface area contributed by atoms with Crippen molar-refractivity contribution < 1.29 is 9.47 Å². The molecule has 0 N–H and O–H groups in total. The molecule has 3 nitrogen and oxygen atoms in total. The van der Waals surface area contributed by atoms with E-state index in [9.17, 15) is 0 Å². The molecule has 1 aromatic carbocycles. The van der Waals surface area contributed by atoms with Gasteiger partial charge in [-0.05, 0) is 30.3 Å². The quantitative estimate of drug-likeness (QED) is 0.627. The number of hydrogen-bond acceptors (Lipinski definition) is 3. The summed E-state index contributed by atoms with van der Waals surface area (Å²) in [6.45, 7) is 0.541. The maximum atomic E-state index is 5.80. The molecule has 21 heavy (non-hydrogen) atoms. The van der Waals surface area contributed by atoms with E-state index < -0.39 is 0 Å². The van der Waals surface area contributed by atoms with Gasteiger partial charge < -0.3 is 9.47 Å². The summed E-state index contributed by atoms with van der Waals surface area (Å²) in [4.78, 5) is 4.26. The standard InChI is InChI=1S/C17H16ClNO2/c1-20-16-7-8-17(14(13-16)5-4-10-18)21-12-9-15-6-2-3-11-19-15/h2-3,6-8,11,13H,9-10,12H2,1H3. The minimum Gasteiger partial charge on any atom is -0.497 e. The highest BCUT2D eigenvalue weighted by atomic mass is 35.5. The van der Waals surface area contributed by atoms with Crippen LogP contribution in [0.5, 0.6) is 11.5 Å². The molecular formula is C17H16ClNO2. The van der Waals surface area contributed by atoms with Crippen molar-refractivity contribution >= 4 is 11.6 Å². The summed E-state index contributed by atoms with van der Waals surface area (Å²) in [6, 6.07) is 11.4. The lowest BCUT2D eigenvalue weighted by molar-refractivity contribution is 0.318. The van der Waals surface area contributed by atoms with Crippen LogP contribution in [0, 0.1) is 11.8 Å². The van der Waals surface area contributed by atoms with Crippen molar-refractivity contribution in [2.45, 2.75) is 6.42 Å². The monoisotopic (exact) mass is 301 g/mol. The second-order valence-electron chi connectivity index (χ2n) is 4.22. The molecule has 0 amide bonds. The van der Waals surface area contributed by atoms with Crippen LogP contribution in [0.25, 0.3) is 0 Å². The summed E-state index contributed by atoms with van der Waals surface area (Å²) in [5, 5.41) is 0. The van der Waals surface area contributed by atoms with E-state index in [-0.39, 0.29) is 5.88 Å². The van der Waals surface area contributed by atoms with Crippen LogP contribution in [0.3, 0.4) is 0 Å². The van der Waals surface area contributed by atoms with Crippen molar-refractivity contribution in [2.75, 3.05) is 19.6 Å². The lowest BCUT2D eigenvalue weighted by Gasteiger charge is -2.09. The maximum absolute atomic E-state index is 5.80. The van der Waals surface area contributed by atoms with Gasteiger partial charge in [0.2, 0.25) is 0 Å². The topological polar surface area (TPSA) is 31.4 Å². The maximum Gasteiger partial charge on any atom is 0.135 e. The molecule has 1 aromatic heterocycles. The first-order valence-corrected chi connectivity index (χ1v) is 7.12. The van der Waals surface area contributed by atoms with Crippen LogP contribution >= 0.6 is 11.6 Å². The van der Waals surface area contributed by atoms with Crippen LogP contribution in [0.15, 0.2) is 42.6 Å². The van der Waals surface area contributed by atoms with E-state index in [2.05, 4.69) is 16.8 Å². The van der Waals surface area contributed by atoms with Crippen molar-refractivity contribution in [3.8, 4) is 23.3 Å². The summed E-state index contributed by atoms with van der Waals surface area (Å²) < 4.78 is 11.0. The first kappa shape index (κ1) is 15.2. The number of benzene rings is 1. The van der Waals surface area contributed by atoms with Gasteiger partial charge in [-0.15, -0.1) is 11.6 Å². The van der Waals surface area contributed by atoms with E-state index in [0.29, 0.717) is 6.61 Å². The smallest absolute Gasteiger partial charge is 0.135 e. The SMILES string of the molecule is COc1ccc(OCCc2ccccn2)c(C#CCCl)c1. The van der Waals surface area contributed by atoms with Crippen molar-refractivity contribution in [1.29, 1.82) is 0 Å². The second kappa shape index (κ2) is 8.18. The summed E-state index contributed by atoms with van der Waals surface area (Å²) in [6.07, 6.45) is 2.52. The van der Waals surface area contributed by atoms with E-state index in [1.807, 2.05) is 36.4 Å². The Hall–Kier alpha value is -2.18. The Kier molecular flexibility index (Phi) is 5.93. The minimum absolute atomic E-state index is 0.282. The molecule has 0 bridgehead atoms. The van der Waals surface area contributed by atoms with Gasteiger partial charge >= 0.3 is 0 Å². The summed E-state index contributed by atoms with van der Waals surface area (Å²) in [5.41, 5.74) is 1.77. The number of rotatable bonds is 5. The molecule has 0 aliphatic rings. The van der Waals surface area contributed by atoms with Crippen LogP contribution in [0.1, 0.15) is 11.3 Å². The van der Waals surface area contributed by atoms with E-state index in [0.717, 1.165) is 29.2 Å². The molecule has 0 saturated heterocycles. The minimum atomic E-state index is 0.282. The van der Waals surface area contributed by atoms with Gasteiger partial charge in [-0.2, -0.15) is 0 Å². The molecule has 0 saturated carbocycles. The molecule has 0 spiro atoms. The number of pyridine rings is 1. The first-order chi connectivity index (χ1) is 10.3. The van der Waals surface area contributed by atoms with Crippen LogP contribution in [0.2, 0.25) is 0 Å². The van der Waals surface area contributed by atoms with Gasteiger partial charge in [0, 0.05) is 18.3 Å². The van der Waals surface area contributed by atoms with Crippen molar-refractivity contribution in [2.24, 2.45) is 0 Å². The molecule has 0 fully saturated rings. The summed E-state index contributed by atoms with van der Waals surface area (Å²) in [5.74, 6) is 7.57. The molecule has 0 unspecified atom stereocenters. The zero-order valence-corrected chi connectivity index (χ0v) is 12.6. The van der Waals surface area contributed by atoms with Gasteiger partial charge in [-0.3, -0.25) is 4.98 Å². The van der Waals surface area contributed by atoms with Crippen LogP contribution in [-0.4, -0.2) is 24.6 Å². The molecule has 0 aliphatic carbocycles. The number of methoxy groups -OCH3 is 1. The van der Waals surface area contributed by atoms with E-state index in [4.69, 9.17) is 21.1 Å². The Morgan fingerprint density at radius 2 is 2.14 bits per heavy atom. The molecule has 0 radical (unpaired) electrons. The largest absolute Gasteiger partial charge is 0.497 e. The first-order valence-electron chi connectivity index (χ1n) is 6.59. The fourth-order valence-electron chi connectivity index (χ4n) is 1.80. The molecular weight excluding hydrogens is 286 g/mol. The number of nitrogens with zero attached hydrogens (tertiary/aromatic N) is 1. The Labute approximate surface area is 129 Å². The van der Waals surface area contributed by atoms with Crippen molar-refractivity contribution in [1.82, 2.24) is 4.98 Å². The van der Waals surface area contributed by atoms with Crippen LogP contribution < -0.4 is 9.47 Å². The Balaban J connectivity index is 2.04. The van der Waals surface area contributed by atoms with E-state index in [1.165, 1.54) is 0 Å². The van der Waals surface area contributed by atoms with Crippen molar-refractivity contribution in [3.05, 3.63) is 53.9 Å². The Bertz CT molecular complexity index is 632. The second-order valence-corrected chi connectivity index (χ2v) is 4.48. The van der Waals surface area contributed by atoms with Gasteiger partial charge in [0.15, 0.2) is 0 Å². The highest BCUT2D eigenvalue weighted by Crippen LogP contribution is 2.23. The molecule has 2 rings (SSSR count). The summed E-state index contributed by atoms with van der Waals surface area (Å²) >= 11 is 5.61. The zero-order valence-electron chi connectivity index (χ0n) is 11.8. The van der Waals surface area contributed by atoms with Gasteiger partial charge in [0.25, 0.3) is 0 Å². The third-order valence-electron chi connectivity index (χ3n) is 2.82. The lowest BCUT2D eigenvalue weighted by atomic mass is 10.2. The van der Waals surface area contributed by atoms with Gasteiger partial charge in [0.1, 0.15) is 11.5 Å². The molecule has 108 valence electrons.